The molecule has 2 heterocycles. The van der Waals surface area contributed by atoms with Crippen LogP contribution in [-0.4, -0.2) is 54.5 Å². The van der Waals surface area contributed by atoms with E-state index in [9.17, 15) is 9.90 Å². The number of nitrogens with zero attached hydrogens (tertiary/aromatic N) is 1. The topological polar surface area (TPSA) is 102 Å². The first-order chi connectivity index (χ1) is 23.2. The Morgan fingerprint density at radius 3 is 2.77 bits per heavy atom. The number of hydrogen-bond donors (Lipinski definition) is 3. The highest BCUT2D eigenvalue weighted by Crippen LogP contribution is 2.58. The minimum absolute atomic E-state index is 0.0552. The third-order valence-corrected chi connectivity index (χ3v) is 11.7. The van der Waals surface area contributed by atoms with Crippen LogP contribution in [0.5, 0.6) is 17.2 Å². The Labute approximate surface area is 288 Å². The van der Waals surface area contributed by atoms with Crippen LogP contribution in [0.1, 0.15) is 87.1 Å². The maximum atomic E-state index is 12.9. The largest absolute Gasteiger partial charge is 0.493 e. The summed E-state index contributed by atoms with van der Waals surface area (Å²) in [5.74, 6) is 2.87. The van der Waals surface area contributed by atoms with Crippen molar-refractivity contribution in [3.8, 4) is 17.2 Å². The quantitative estimate of drug-likeness (QED) is 0.203. The maximum Gasteiger partial charge on any atom is 0.329 e. The van der Waals surface area contributed by atoms with Gasteiger partial charge in [0.1, 0.15) is 24.0 Å². The van der Waals surface area contributed by atoms with E-state index in [1.165, 1.54) is 35.2 Å². The number of benzene rings is 2. The Morgan fingerprint density at radius 2 is 2.00 bits per heavy atom. The number of halogens is 1. The number of anilines is 1. The third kappa shape index (κ3) is 6.22. The number of ether oxygens (including phenoxy) is 3. The van der Waals surface area contributed by atoms with Gasteiger partial charge in [-0.05, 0) is 136 Å². The van der Waals surface area contributed by atoms with Gasteiger partial charge in [0.05, 0.1) is 6.61 Å². The van der Waals surface area contributed by atoms with E-state index in [0.717, 1.165) is 55.0 Å². The van der Waals surface area contributed by atoms with Gasteiger partial charge in [-0.2, -0.15) is 0 Å². The summed E-state index contributed by atoms with van der Waals surface area (Å²) in [6.45, 7) is 6.43. The SMILES string of the molecule is CNC[C@H]1COc2cc3c(cc2O1)C1(CCC(Nc2cccc(Cl)c2)(C(=O)O)CC1)[C@@H](C[C@@H](C)COc1ccnc2c1[C@H](C)CCC2)C3. The summed E-state index contributed by atoms with van der Waals surface area (Å²) in [6.07, 6.45) is 9.64. The van der Waals surface area contributed by atoms with Crippen molar-refractivity contribution in [3.63, 3.8) is 0 Å². The molecule has 1 saturated carbocycles. The van der Waals surface area contributed by atoms with E-state index in [1.54, 1.807) is 12.1 Å². The summed E-state index contributed by atoms with van der Waals surface area (Å²) in [6, 6.07) is 13.8. The fraction of sp³-hybridized carbons (Fsp3) is 0.538. The first kappa shape index (κ1) is 33.0. The molecule has 1 aliphatic heterocycles. The lowest BCUT2D eigenvalue weighted by molar-refractivity contribution is -0.144. The highest BCUT2D eigenvalue weighted by atomic mass is 35.5. The molecule has 0 unspecified atom stereocenters. The van der Waals surface area contributed by atoms with Crippen LogP contribution >= 0.6 is 11.6 Å². The molecule has 0 saturated heterocycles. The van der Waals surface area contributed by atoms with Crippen molar-refractivity contribution in [1.29, 1.82) is 0 Å². The second-order valence-corrected chi connectivity index (χ2v) is 15.2. The molecule has 0 radical (unpaired) electrons. The summed E-state index contributed by atoms with van der Waals surface area (Å²) in [5, 5.41) is 17.8. The average Bonchev–Trinajstić information content (AvgIpc) is 3.34. The molecule has 7 rings (SSSR count). The van der Waals surface area contributed by atoms with E-state index >= 15 is 0 Å². The van der Waals surface area contributed by atoms with Crippen LogP contribution in [-0.2, 0) is 23.1 Å². The smallest absolute Gasteiger partial charge is 0.329 e. The van der Waals surface area contributed by atoms with Gasteiger partial charge in [-0.15, -0.1) is 0 Å². The molecule has 8 nitrogen and oxygen atoms in total. The number of hydrogen-bond acceptors (Lipinski definition) is 7. The minimum atomic E-state index is -1.07. The van der Waals surface area contributed by atoms with E-state index in [1.807, 2.05) is 31.4 Å². The number of aromatic nitrogens is 1. The van der Waals surface area contributed by atoms with E-state index in [4.69, 9.17) is 25.8 Å². The number of carboxylic acids is 1. The van der Waals surface area contributed by atoms with Gasteiger partial charge in [0.2, 0.25) is 0 Å². The number of likely N-dealkylation sites (N-methyl/N-ethyl adjacent to an activating group) is 1. The van der Waals surface area contributed by atoms with Crippen molar-refractivity contribution in [1.82, 2.24) is 10.3 Å². The predicted molar refractivity (Wildman–Crippen MR) is 188 cm³/mol. The van der Waals surface area contributed by atoms with Gasteiger partial charge < -0.3 is 30.0 Å². The molecular weight excluding hydrogens is 626 g/mol. The van der Waals surface area contributed by atoms with Crippen molar-refractivity contribution >= 4 is 23.3 Å². The van der Waals surface area contributed by atoms with Crippen molar-refractivity contribution < 1.29 is 24.1 Å². The van der Waals surface area contributed by atoms with Gasteiger partial charge in [0.25, 0.3) is 0 Å². The lowest BCUT2D eigenvalue weighted by Gasteiger charge is -2.47. The average molecular weight is 674 g/mol. The van der Waals surface area contributed by atoms with E-state index in [0.29, 0.717) is 55.4 Å². The lowest BCUT2D eigenvalue weighted by atomic mass is 9.59. The molecule has 1 fully saturated rings. The highest BCUT2D eigenvalue weighted by Gasteiger charge is 2.54. The zero-order valence-corrected chi connectivity index (χ0v) is 29.1. The maximum absolute atomic E-state index is 12.9. The molecule has 9 heteroatoms. The molecule has 4 atom stereocenters. The van der Waals surface area contributed by atoms with Crippen molar-refractivity contribution in [3.05, 3.63) is 76.1 Å². The molecule has 3 aliphatic carbocycles. The van der Waals surface area contributed by atoms with Crippen LogP contribution in [0, 0.1) is 11.8 Å². The Balaban J connectivity index is 1.15. The summed E-state index contributed by atoms with van der Waals surface area (Å²) < 4.78 is 19.2. The van der Waals surface area contributed by atoms with E-state index in [2.05, 4.69) is 41.6 Å². The van der Waals surface area contributed by atoms with E-state index < -0.39 is 11.5 Å². The van der Waals surface area contributed by atoms with Gasteiger partial charge in [-0.1, -0.05) is 31.5 Å². The van der Waals surface area contributed by atoms with Gasteiger partial charge >= 0.3 is 5.97 Å². The monoisotopic (exact) mass is 673 g/mol. The van der Waals surface area contributed by atoms with Crippen LogP contribution in [0.15, 0.2) is 48.7 Å². The molecule has 256 valence electrons. The highest BCUT2D eigenvalue weighted by molar-refractivity contribution is 6.30. The summed E-state index contributed by atoms with van der Waals surface area (Å²) in [5.41, 5.74) is 4.56. The molecule has 1 aromatic heterocycles. The van der Waals surface area contributed by atoms with Crippen LogP contribution in [0.4, 0.5) is 5.69 Å². The van der Waals surface area contributed by atoms with E-state index in [-0.39, 0.29) is 11.5 Å². The number of nitrogens with one attached hydrogen (secondary N) is 2. The van der Waals surface area contributed by atoms with Crippen LogP contribution in [0.3, 0.4) is 0 Å². The van der Waals surface area contributed by atoms with Crippen molar-refractivity contribution in [2.45, 2.75) is 94.6 Å². The second-order valence-electron chi connectivity index (χ2n) is 14.8. The molecule has 1 spiro atoms. The Kier molecular flexibility index (Phi) is 9.24. The van der Waals surface area contributed by atoms with Gasteiger partial charge in [-0.3, -0.25) is 4.98 Å². The zero-order valence-electron chi connectivity index (χ0n) is 28.3. The lowest BCUT2D eigenvalue weighted by Crippen LogP contribution is -2.53. The fourth-order valence-corrected chi connectivity index (χ4v) is 9.23. The molecule has 2 aromatic carbocycles. The Bertz CT molecular complexity index is 1650. The van der Waals surface area contributed by atoms with Crippen molar-refractivity contribution in [2.24, 2.45) is 11.8 Å². The standard InChI is InChI=1S/C39H48ClN3O5/c1-24(22-46-33-10-15-42-32-9-4-6-25(2)36(32)33)16-27-17-26-18-34-35(48-30(21-41-3)23-47-34)20-31(26)38(27)11-13-39(14-12-38,37(44)45)43-29-8-5-7-28(40)19-29/h5,7-8,10,15,18-20,24-25,27,30,41,43H,4,6,9,11-14,16-17,21-23H2,1-3H3,(H,44,45)/t24-,25-,27+,30+,38?,39?/m1/s1. The normalized spacial score (nSPS) is 28.0. The first-order valence-electron chi connectivity index (χ1n) is 17.7. The zero-order chi connectivity index (χ0) is 33.5. The molecule has 48 heavy (non-hydrogen) atoms. The van der Waals surface area contributed by atoms with Crippen molar-refractivity contribution in [2.75, 3.05) is 32.1 Å². The van der Waals surface area contributed by atoms with Gasteiger partial charge in [-0.25, -0.2) is 4.79 Å². The first-order valence-corrected chi connectivity index (χ1v) is 18.1. The summed E-state index contributed by atoms with van der Waals surface area (Å²) in [7, 11) is 1.92. The molecule has 0 bridgehead atoms. The van der Waals surface area contributed by atoms with Crippen LogP contribution < -0.4 is 24.8 Å². The second kappa shape index (κ2) is 13.4. The molecule has 4 aliphatic rings. The fourth-order valence-electron chi connectivity index (χ4n) is 9.04. The number of pyridine rings is 1. The van der Waals surface area contributed by atoms with Crippen LogP contribution in [0.25, 0.3) is 0 Å². The number of carbonyl (C=O) groups is 1. The minimum Gasteiger partial charge on any atom is -0.493 e. The Morgan fingerprint density at radius 1 is 1.17 bits per heavy atom. The molecular formula is C39H48ClN3O5. The Hall–Kier alpha value is -3.49. The number of aryl methyl sites for hydroxylation is 1. The van der Waals surface area contributed by atoms with Gasteiger partial charge in [0, 0.05) is 34.7 Å². The molecule has 0 amide bonds. The van der Waals surface area contributed by atoms with Gasteiger partial charge in [0.15, 0.2) is 11.5 Å². The number of fused-ring (bicyclic) bond motifs is 4. The molecule has 3 N–H and O–H groups in total. The number of carboxylic acid groups (broad SMARTS) is 1. The summed E-state index contributed by atoms with van der Waals surface area (Å²) in [4.78, 5) is 17.6. The third-order valence-electron chi connectivity index (χ3n) is 11.5. The number of aliphatic carboxylic acids is 1. The number of rotatable bonds is 10. The van der Waals surface area contributed by atoms with Crippen LogP contribution in [0.2, 0.25) is 5.02 Å². The molecule has 3 aromatic rings. The predicted octanol–water partition coefficient (Wildman–Crippen LogP) is 7.56. The summed E-state index contributed by atoms with van der Waals surface area (Å²) >= 11 is 6.28.